The second-order valence-corrected chi connectivity index (χ2v) is 4.55. The van der Waals surface area contributed by atoms with Gasteiger partial charge in [-0.3, -0.25) is 4.79 Å². The van der Waals surface area contributed by atoms with Crippen molar-refractivity contribution < 1.29 is 4.79 Å². The van der Waals surface area contributed by atoms with Crippen LogP contribution in [0.5, 0.6) is 0 Å². The molecule has 0 radical (unpaired) electrons. The van der Waals surface area contributed by atoms with Gasteiger partial charge < -0.3 is 5.32 Å². The van der Waals surface area contributed by atoms with Gasteiger partial charge in [-0.25, -0.2) is 0 Å². The van der Waals surface area contributed by atoms with Crippen molar-refractivity contribution in [2.45, 2.75) is 38.1 Å². The van der Waals surface area contributed by atoms with Crippen molar-refractivity contribution in [3.05, 3.63) is 10.5 Å². The molecule has 1 heterocycles. The van der Waals surface area contributed by atoms with Crippen molar-refractivity contribution in [2.24, 2.45) is 0 Å². The SMILES string of the molecule is CC(=O)N[C@H]1CC[C@H](c2nncs2)C1. The highest BCUT2D eigenvalue weighted by atomic mass is 32.1. The summed E-state index contributed by atoms with van der Waals surface area (Å²) >= 11 is 1.61. The van der Waals surface area contributed by atoms with Gasteiger partial charge in [0.05, 0.1) is 0 Å². The van der Waals surface area contributed by atoms with Crippen molar-refractivity contribution in [3.63, 3.8) is 0 Å². The van der Waals surface area contributed by atoms with E-state index in [4.69, 9.17) is 0 Å². The number of hydrogen-bond acceptors (Lipinski definition) is 4. The zero-order valence-electron chi connectivity index (χ0n) is 8.06. The van der Waals surface area contributed by atoms with Gasteiger partial charge in [0.15, 0.2) is 0 Å². The third-order valence-corrected chi connectivity index (χ3v) is 3.42. The average molecular weight is 211 g/mol. The van der Waals surface area contributed by atoms with Gasteiger partial charge in [-0.05, 0) is 19.3 Å². The fraction of sp³-hybridized carbons (Fsp3) is 0.667. The van der Waals surface area contributed by atoms with Crippen LogP contribution in [0, 0.1) is 0 Å². The van der Waals surface area contributed by atoms with Crippen molar-refractivity contribution in [3.8, 4) is 0 Å². The first-order valence-electron chi connectivity index (χ1n) is 4.79. The molecule has 1 aliphatic carbocycles. The number of aromatic nitrogens is 2. The molecule has 1 saturated carbocycles. The highest BCUT2D eigenvalue weighted by Gasteiger charge is 2.28. The summed E-state index contributed by atoms with van der Waals surface area (Å²) in [6, 6.07) is 0.335. The Hall–Kier alpha value is -0.970. The Morgan fingerprint density at radius 1 is 1.64 bits per heavy atom. The van der Waals surface area contributed by atoms with Gasteiger partial charge in [0.1, 0.15) is 10.5 Å². The van der Waals surface area contributed by atoms with E-state index < -0.39 is 0 Å². The molecule has 14 heavy (non-hydrogen) atoms. The largest absolute Gasteiger partial charge is 0.354 e. The smallest absolute Gasteiger partial charge is 0.217 e. The first-order valence-corrected chi connectivity index (χ1v) is 5.67. The second-order valence-electron chi connectivity index (χ2n) is 3.68. The molecule has 0 spiro atoms. The summed E-state index contributed by atoms with van der Waals surface area (Å²) in [5, 5.41) is 12.0. The summed E-state index contributed by atoms with van der Waals surface area (Å²) in [4.78, 5) is 10.9. The van der Waals surface area contributed by atoms with Crippen LogP contribution in [0.4, 0.5) is 0 Å². The molecule has 0 saturated heterocycles. The van der Waals surface area contributed by atoms with Crippen LogP contribution in [0.1, 0.15) is 37.1 Å². The number of carbonyl (C=O) groups excluding carboxylic acids is 1. The molecule has 0 aromatic carbocycles. The van der Waals surface area contributed by atoms with Crippen LogP contribution in [0.3, 0.4) is 0 Å². The summed E-state index contributed by atoms with van der Waals surface area (Å²) in [6.45, 7) is 1.57. The first-order chi connectivity index (χ1) is 6.75. The molecule has 1 aromatic heterocycles. The zero-order valence-corrected chi connectivity index (χ0v) is 8.88. The molecule has 76 valence electrons. The minimum Gasteiger partial charge on any atom is -0.354 e. The number of nitrogens with zero attached hydrogens (tertiary/aromatic N) is 2. The number of carbonyl (C=O) groups is 1. The van der Waals surface area contributed by atoms with E-state index in [2.05, 4.69) is 15.5 Å². The maximum absolute atomic E-state index is 10.9. The summed E-state index contributed by atoms with van der Waals surface area (Å²) in [5.41, 5.74) is 1.76. The molecule has 0 bridgehead atoms. The molecule has 1 aliphatic rings. The summed E-state index contributed by atoms with van der Waals surface area (Å²) in [6.07, 6.45) is 3.18. The van der Waals surface area contributed by atoms with Crippen LogP contribution in [0.15, 0.2) is 5.51 Å². The lowest BCUT2D eigenvalue weighted by Gasteiger charge is -2.09. The molecule has 5 heteroatoms. The van der Waals surface area contributed by atoms with E-state index in [1.807, 2.05) is 0 Å². The second kappa shape index (κ2) is 4.04. The van der Waals surface area contributed by atoms with Gasteiger partial charge in [0, 0.05) is 18.9 Å². The highest BCUT2D eigenvalue weighted by molar-refractivity contribution is 7.09. The Kier molecular flexibility index (Phi) is 2.77. The van der Waals surface area contributed by atoms with Gasteiger partial charge in [-0.15, -0.1) is 21.5 Å². The van der Waals surface area contributed by atoms with Gasteiger partial charge in [-0.1, -0.05) is 0 Å². The predicted molar refractivity (Wildman–Crippen MR) is 54.1 cm³/mol. The number of amides is 1. The number of rotatable bonds is 2. The molecule has 1 N–H and O–H groups in total. The Bertz CT molecular complexity index is 312. The summed E-state index contributed by atoms with van der Waals surface area (Å²) < 4.78 is 0. The van der Waals surface area contributed by atoms with Crippen LogP contribution in [-0.2, 0) is 4.79 Å². The molecule has 2 atom stereocenters. The Morgan fingerprint density at radius 2 is 2.50 bits per heavy atom. The van der Waals surface area contributed by atoms with Gasteiger partial charge in [0.2, 0.25) is 5.91 Å². The van der Waals surface area contributed by atoms with Crippen molar-refractivity contribution in [1.29, 1.82) is 0 Å². The molecule has 0 aliphatic heterocycles. The maximum atomic E-state index is 10.9. The summed E-state index contributed by atoms with van der Waals surface area (Å²) in [5.74, 6) is 0.562. The standard InChI is InChI=1S/C9H13N3OS/c1-6(13)11-8-3-2-7(4-8)9-12-10-5-14-9/h5,7-8H,2-4H2,1H3,(H,11,13)/t7-,8-/m0/s1. The van der Waals surface area contributed by atoms with Crippen LogP contribution in [0.2, 0.25) is 0 Å². The quantitative estimate of drug-likeness (QED) is 0.802. The normalized spacial score (nSPS) is 26.4. The fourth-order valence-electron chi connectivity index (χ4n) is 1.98. The molecule has 1 amide bonds. The Balaban J connectivity index is 1.92. The lowest BCUT2D eigenvalue weighted by molar-refractivity contribution is -0.119. The molecule has 4 nitrogen and oxygen atoms in total. The highest BCUT2D eigenvalue weighted by Crippen LogP contribution is 2.34. The van der Waals surface area contributed by atoms with E-state index in [0.717, 1.165) is 24.3 Å². The van der Waals surface area contributed by atoms with Crippen LogP contribution in [0.25, 0.3) is 0 Å². The minimum atomic E-state index is 0.0629. The topological polar surface area (TPSA) is 54.9 Å². The van der Waals surface area contributed by atoms with Crippen molar-refractivity contribution in [2.75, 3.05) is 0 Å². The minimum absolute atomic E-state index is 0.0629. The van der Waals surface area contributed by atoms with E-state index in [9.17, 15) is 4.79 Å². The third-order valence-electron chi connectivity index (χ3n) is 2.57. The Labute approximate surface area is 86.7 Å². The Morgan fingerprint density at radius 3 is 3.14 bits per heavy atom. The van der Waals surface area contributed by atoms with E-state index in [0.29, 0.717) is 12.0 Å². The maximum Gasteiger partial charge on any atom is 0.217 e. The van der Waals surface area contributed by atoms with Gasteiger partial charge in [0.25, 0.3) is 0 Å². The molecular weight excluding hydrogens is 198 g/mol. The van der Waals surface area contributed by atoms with Crippen LogP contribution >= 0.6 is 11.3 Å². The molecule has 1 fully saturated rings. The van der Waals surface area contributed by atoms with E-state index in [1.54, 1.807) is 23.8 Å². The van der Waals surface area contributed by atoms with Crippen molar-refractivity contribution in [1.82, 2.24) is 15.5 Å². The van der Waals surface area contributed by atoms with Crippen molar-refractivity contribution >= 4 is 17.2 Å². The fourth-order valence-corrected chi connectivity index (χ4v) is 2.69. The lowest BCUT2D eigenvalue weighted by Crippen LogP contribution is -2.30. The zero-order chi connectivity index (χ0) is 9.97. The van der Waals surface area contributed by atoms with E-state index >= 15 is 0 Å². The first kappa shape index (κ1) is 9.58. The van der Waals surface area contributed by atoms with Gasteiger partial charge in [-0.2, -0.15) is 0 Å². The predicted octanol–water partition coefficient (Wildman–Crippen LogP) is 1.31. The van der Waals surface area contributed by atoms with E-state index in [1.165, 1.54) is 0 Å². The average Bonchev–Trinajstić information content (AvgIpc) is 2.69. The van der Waals surface area contributed by atoms with E-state index in [-0.39, 0.29) is 5.91 Å². The molecular formula is C9H13N3OS. The lowest BCUT2D eigenvalue weighted by atomic mass is 10.1. The van der Waals surface area contributed by atoms with Gasteiger partial charge >= 0.3 is 0 Å². The molecule has 1 aromatic rings. The number of hydrogen-bond donors (Lipinski definition) is 1. The third kappa shape index (κ3) is 2.09. The monoisotopic (exact) mass is 211 g/mol. The van der Waals surface area contributed by atoms with Crippen LogP contribution in [-0.4, -0.2) is 22.1 Å². The summed E-state index contributed by atoms with van der Waals surface area (Å²) in [7, 11) is 0. The van der Waals surface area contributed by atoms with Crippen LogP contribution < -0.4 is 5.32 Å². The number of nitrogens with one attached hydrogen (secondary N) is 1. The molecule has 0 unspecified atom stereocenters. The molecule has 2 rings (SSSR count).